The molecule has 3 rings (SSSR count). The molecular formula is C24H31FN6O2. The molecular weight excluding hydrogens is 423 g/mol. The third kappa shape index (κ3) is 6.74. The fourth-order valence-corrected chi connectivity index (χ4v) is 3.65. The first kappa shape index (κ1) is 24.2. The van der Waals surface area contributed by atoms with E-state index in [-0.39, 0.29) is 24.3 Å². The number of amides is 3. The third-order valence-electron chi connectivity index (χ3n) is 5.45. The zero-order valence-corrected chi connectivity index (χ0v) is 19.0. The van der Waals surface area contributed by atoms with Crippen molar-refractivity contribution >= 4 is 17.8 Å². The van der Waals surface area contributed by atoms with Gasteiger partial charge >= 0.3 is 6.03 Å². The Morgan fingerprint density at radius 2 is 1.91 bits per heavy atom. The minimum absolute atomic E-state index is 0.0216. The number of nitrogens with zero attached hydrogens (tertiary/aromatic N) is 5. The highest BCUT2D eigenvalue weighted by Gasteiger charge is 2.23. The summed E-state index contributed by atoms with van der Waals surface area (Å²) in [6, 6.07) is 9.65. The van der Waals surface area contributed by atoms with Crippen LogP contribution in [0.15, 0.2) is 49.1 Å². The number of rotatable bonds is 8. The molecule has 1 N–H and O–H groups in total. The van der Waals surface area contributed by atoms with E-state index in [1.807, 2.05) is 19.1 Å². The van der Waals surface area contributed by atoms with E-state index < -0.39 is 0 Å². The zero-order valence-electron chi connectivity index (χ0n) is 19.0. The normalized spacial score (nSPS) is 13.9. The molecule has 8 nitrogen and oxygen atoms in total. The van der Waals surface area contributed by atoms with Gasteiger partial charge in [0.15, 0.2) is 5.82 Å². The maximum Gasteiger partial charge on any atom is 0.318 e. The highest BCUT2D eigenvalue weighted by molar-refractivity contribution is 5.84. The molecule has 1 aromatic heterocycles. The molecule has 1 aliphatic rings. The lowest BCUT2D eigenvalue weighted by Crippen LogP contribution is -2.47. The van der Waals surface area contributed by atoms with Crippen LogP contribution in [0.2, 0.25) is 0 Å². The van der Waals surface area contributed by atoms with Gasteiger partial charge in [0.1, 0.15) is 12.4 Å². The first-order valence-corrected chi connectivity index (χ1v) is 11.3. The Balaban J connectivity index is 1.58. The monoisotopic (exact) mass is 454 g/mol. The second-order valence-corrected chi connectivity index (χ2v) is 7.91. The number of urea groups is 1. The lowest BCUT2D eigenvalue weighted by molar-refractivity contribution is -0.131. The van der Waals surface area contributed by atoms with E-state index in [2.05, 4.69) is 27.0 Å². The van der Waals surface area contributed by atoms with E-state index in [9.17, 15) is 14.0 Å². The summed E-state index contributed by atoms with van der Waals surface area (Å²) in [5.41, 5.74) is 1.48. The van der Waals surface area contributed by atoms with Crippen LogP contribution in [-0.2, 0) is 4.79 Å². The highest BCUT2D eigenvalue weighted by atomic mass is 19.1. The van der Waals surface area contributed by atoms with Gasteiger partial charge in [-0.3, -0.25) is 4.79 Å². The van der Waals surface area contributed by atoms with Crippen molar-refractivity contribution in [1.82, 2.24) is 25.3 Å². The van der Waals surface area contributed by atoms with E-state index in [0.717, 1.165) is 30.8 Å². The van der Waals surface area contributed by atoms with Gasteiger partial charge < -0.3 is 20.0 Å². The summed E-state index contributed by atoms with van der Waals surface area (Å²) in [4.78, 5) is 30.6. The van der Waals surface area contributed by atoms with Crippen LogP contribution in [0, 0.1) is 5.82 Å². The standard InChI is InChI=1S/C24H31FN6O2/c1-3-12-26-24(33)31(13-4-2)18-23(32)30-15-5-14-29(16-17-30)22-11-10-21(27-28-22)19-6-8-20(25)9-7-19/h4,6-11H,2-3,5,12-18H2,1H3,(H,26,33). The number of carbonyl (C=O) groups excluding carboxylic acids is 2. The Bertz CT molecular complexity index is 935. The van der Waals surface area contributed by atoms with Crippen LogP contribution in [-0.4, -0.2) is 77.7 Å². The van der Waals surface area contributed by atoms with Gasteiger partial charge in [-0.15, -0.1) is 16.8 Å². The molecule has 176 valence electrons. The van der Waals surface area contributed by atoms with Gasteiger partial charge in [-0.1, -0.05) is 13.0 Å². The molecule has 0 unspecified atom stereocenters. The summed E-state index contributed by atoms with van der Waals surface area (Å²) in [5.74, 6) is 0.367. The molecule has 1 fully saturated rings. The van der Waals surface area contributed by atoms with E-state index in [0.29, 0.717) is 38.4 Å². The second-order valence-electron chi connectivity index (χ2n) is 7.91. The number of benzene rings is 1. The van der Waals surface area contributed by atoms with Gasteiger partial charge in [-0.25, -0.2) is 9.18 Å². The van der Waals surface area contributed by atoms with Crippen molar-refractivity contribution in [3.8, 4) is 11.3 Å². The van der Waals surface area contributed by atoms with E-state index in [1.54, 1.807) is 23.1 Å². The van der Waals surface area contributed by atoms with Gasteiger partial charge in [0.05, 0.1) is 5.69 Å². The van der Waals surface area contributed by atoms with Crippen molar-refractivity contribution in [2.75, 3.05) is 50.7 Å². The number of hydrogen-bond acceptors (Lipinski definition) is 5. The third-order valence-corrected chi connectivity index (χ3v) is 5.45. The van der Waals surface area contributed by atoms with Gasteiger partial charge in [0.2, 0.25) is 5.91 Å². The highest BCUT2D eigenvalue weighted by Crippen LogP contribution is 2.20. The van der Waals surface area contributed by atoms with Gasteiger partial charge in [0.25, 0.3) is 0 Å². The average molecular weight is 455 g/mol. The SMILES string of the molecule is C=CCN(CC(=O)N1CCCN(c2ccc(-c3ccc(F)cc3)nn2)CC1)C(=O)NCCC. The quantitative estimate of drug-likeness (QED) is 0.621. The second kappa shape index (κ2) is 11.9. The Morgan fingerprint density at radius 3 is 2.58 bits per heavy atom. The maximum absolute atomic E-state index is 13.1. The predicted molar refractivity (Wildman–Crippen MR) is 126 cm³/mol. The molecule has 2 aromatic rings. The fraction of sp³-hybridized carbons (Fsp3) is 0.417. The molecule has 9 heteroatoms. The molecule has 0 bridgehead atoms. The molecule has 33 heavy (non-hydrogen) atoms. The van der Waals surface area contributed by atoms with Crippen molar-refractivity contribution in [2.45, 2.75) is 19.8 Å². The van der Waals surface area contributed by atoms with E-state index in [1.165, 1.54) is 17.0 Å². The molecule has 0 atom stereocenters. The average Bonchev–Trinajstić information content (AvgIpc) is 3.09. The minimum atomic E-state index is -0.291. The summed E-state index contributed by atoms with van der Waals surface area (Å²) >= 11 is 0. The van der Waals surface area contributed by atoms with Crippen molar-refractivity contribution in [3.05, 3.63) is 54.9 Å². The Labute approximate surface area is 194 Å². The molecule has 0 saturated carbocycles. The lowest BCUT2D eigenvalue weighted by Gasteiger charge is -2.26. The summed E-state index contributed by atoms with van der Waals surface area (Å²) < 4.78 is 13.1. The Morgan fingerprint density at radius 1 is 1.12 bits per heavy atom. The van der Waals surface area contributed by atoms with Crippen LogP contribution in [0.4, 0.5) is 15.0 Å². The van der Waals surface area contributed by atoms with Crippen LogP contribution >= 0.6 is 0 Å². The molecule has 1 aliphatic heterocycles. The van der Waals surface area contributed by atoms with Crippen molar-refractivity contribution in [1.29, 1.82) is 0 Å². The number of anilines is 1. The smallest absolute Gasteiger partial charge is 0.318 e. The maximum atomic E-state index is 13.1. The van der Waals surface area contributed by atoms with Gasteiger partial charge in [-0.2, -0.15) is 0 Å². The summed E-state index contributed by atoms with van der Waals surface area (Å²) in [5, 5.41) is 11.4. The first-order chi connectivity index (χ1) is 16.0. The van der Waals surface area contributed by atoms with Crippen LogP contribution in [0.3, 0.4) is 0 Å². The number of hydrogen-bond donors (Lipinski definition) is 1. The fourth-order valence-electron chi connectivity index (χ4n) is 3.65. The predicted octanol–water partition coefficient (Wildman–Crippen LogP) is 2.93. The first-order valence-electron chi connectivity index (χ1n) is 11.3. The molecule has 2 heterocycles. The Hall–Kier alpha value is -3.49. The van der Waals surface area contributed by atoms with Crippen LogP contribution in [0.25, 0.3) is 11.3 Å². The van der Waals surface area contributed by atoms with Crippen LogP contribution in [0.5, 0.6) is 0 Å². The summed E-state index contributed by atoms with van der Waals surface area (Å²) in [6.07, 6.45) is 3.24. The van der Waals surface area contributed by atoms with Crippen molar-refractivity contribution < 1.29 is 14.0 Å². The Kier molecular flexibility index (Phi) is 8.74. The van der Waals surface area contributed by atoms with E-state index in [4.69, 9.17) is 0 Å². The molecule has 0 spiro atoms. The zero-order chi connectivity index (χ0) is 23.6. The summed E-state index contributed by atoms with van der Waals surface area (Å²) in [6.45, 7) is 9.11. The van der Waals surface area contributed by atoms with Crippen molar-refractivity contribution in [2.24, 2.45) is 0 Å². The van der Waals surface area contributed by atoms with Crippen LogP contribution < -0.4 is 10.2 Å². The largest absolute Gasteiger partial charge is 0.353 e. The molecule has 1 saturated heterocycles. The molecule has 0 aliphatic carbocycles. The molecule has 0 radical (unpaired) electrons. The lowest BCUT2D eigenvalue weighted by atomic mass is 10.1. The number of halogens is 1. The van der Waals surface area contributed by atoms with Gasteiger partial charge in [0, 0.05) is 44.8 Å². The van der Waals surface area contributed by atoms with Gasteiger partial charge in [-0.05, 0) is 49.2 Å². The number of nitrogens with one attached hydrogen (secondary N) is 1. The molecule has 1 aromatic carbocycles. The summed E-state index contributed by atoms with van der Waals surface area (Å²) in [7, 11) is 0. The van der Waals surface area contributed by atoms with Crippen LogP contribution in [0.1, 0.15) is 19.8 Å². The van der Waals surface area contributed by atoms with Crippen molar-refractivity contribution in [3.63, 3.8) is 0 Å². The topological polar surface area (TPSA) is 81.7 Å². The number of aromatic nitrogens is 2. The minimum Gasteiger partial charge on any atom is -0.353 e. The van der Waals surface area contributed by atoms with E-state index >= 15 is 0 Å². The number of carbonyl (C=O) groups is 2. The molecule has 3 amide bonds.